The molecule has 76 valence electrons. The van der Waals surface area contributed by atoms with E-state index in [4.69, 9.17) is 10.1 Å². The largest absolute Gasteiger partial charge is 0.481 e. The summed E-state index contributed by atoms with van der Waals surface area (Å²) >= 11 is 0. The highest BCUT2D eigenvalue weighted by Gasteiger charge is 2.02. The summed E-state index contributed by atoms with van der Waals surface area (Å²) in [6.07, 6.45) is 1.48. The van der Waals surface area contributed by atoms with Crippen LogP contribution in [-0.2, 0) is 0 Å². The van der Waals surface area contributed by atoms with Gasteiger partial charge in [0.25, 0.3) is 0 Å². The van der Waals surface area contributed by atoms with E-state index < -0.39 is 0 Å². The number of hydrogen-bond donors (Lipinski definition) is 1. The van der Waals surface area contributed by atoms with Crippen LogP contribution < -0.4 is 10.1 Å². The second-order valence-corrected chi connectivity index (χ2v) is 3.03. The van der Waals surface area contributed by atoms with Crippen molar-refractivity contribution in [2.75, 3.05) is 7.11 Å². The molecule has 0 aliphatic carbocycles. The third-order valence-electron chi connectivity index (χ3n) is 2.01. The third-order valence-corrected chi connectivity index (χ3v) is 2.01. The summed E-state index contributed by atoms with van der Waals surface area (Å²) in [5.74, 6) is 0.550. The maximum atomic E-state index is 7.44. The Kier molecular flexibility index (Phi) is 2.49. The summed E-state index contributed by atoms with van der Waals surface area (Å²) in [5.41, 5.74) is 0.911. The minimum atomic E-state index is 0.332. The van der Waals surface area contributed by atoms with Crippen LogP contribution in [0.2, 0.25) is 0 Å². The van der Waals surface area contributed by atoms with Crippen LogP contribution in [0.3, 0.4) is 0 Å². The van der Waals surface area contributed by atoms with Crippen LogP contribution in [0.5, 0.6) is 5.88 Å². The van der Waals surface area contributed by atoms with E-state index in [1.165, 1.54) is 6.20 Å². The van der Waals surface area contributed by atoms with Crippen LogP contribution in [0.15, 0.2) is 42.6 Å². The number of ether oxygens (including phenoxy) is 1. The molecule has 0 radical (unpaired) electrons. The highest BCUT2D eigenvalue weighted by Crippen LogP contribution is 2.12. The van der Waals surface area contributed by atoms with Crippen LogP contribution in [0.1, 0.15) is 0 Å². The fraction of sp³-hybridized carbons (Fsp3) is 0.0909. The Morgan fingerprint density at radius 3 is 2.67 bits per heavy atom. The minimum Gasteiger partial charge on any atom is -0.481 e. The molecule has 0 fully saturated rings. The van der Waals surface area contributed by atoms with Gasteiger partial charge in [-0.25, -0.2) is 4.68 Å². The molecule has 1 aromatic carbocycles. The third kappa shape index (κ3) is 1.88. The lowest BCUT2D eigenvalue weighted by atomic mass is 10.3. The Hall–Kier alpha value is -2.10. The number of para-hydroxylation sites is 1. The van der Waals surface area contributed by atoms with Crippen LogP contribution in [0, 0.1) is 5.41 Å². The van der Waals surface area contributed by atoms with Crippen molar-refractivity contribution in [3.05, 3.63) is 48.0 Å². The molecule has 1 aromatic heterocycles. The van der Waals surface area contributed by atoms with Gasteiger partial charge in [0.2, 0.25) is 5.88 Å². The van der Waals surface area contributed by atoms with Gasteiger partial charge in [0.15, 0.2) is 0 Å². The SMILES string of the molecule is COc1cc(=N)cnn1-c1ccccc1. The molecular weight excluding hydrogens is 190 g/mol. The fourth-order valence-corrected chi connectivity index (χ4v) is 1.32. The van der Waals surface area contributed by atoms with Gasteiger partial charge >= 0.3 is 0 Å². The van der Waals surface area contributed by atoms with Crippen molar-refractivity contribution in [2.45, 2.75) is 0 Å². The summed E-state index contributed by atoms with van der Waals surface area (Å²) in [4.78, 5) is 0. The molecule has 15 heavy (non-hydrogen) atoms. The zero-order valence-corrected chi connectivity index (χ0v) is 8.34. The highest BCUT2D eigenvalue weighted by atomic mass is 16.5. The normalized spacial score (nSPS) is 9.93. The maximum absolute atomic E-state index is 7.44. The quantitative estimate of drug-likeness (QED) is 0.797. The zero-order valence-electron chi connectivity index (χ0n) is 8.34. The standard InChI is InChI=1S/C11H11N3O/c1-15-11-7-9(12)8-13-14(11)10-5-3-2-4-6-10/h2-8,12H,1H3. The number of aromatic nitrogens is 2. The molecule has 0 spiro atoms. The van der Waals surface area contributed by atoms with E-state index in [9.17, 15) is 0 Å². The predicted molar refractivity (Wildman–Crippen MR) is 56.0 cm³/mol. The molecule has 0 bridgehead atoms. The van der Waals surface area contributed by atoms with Crippen LogP contribution in [0.4, 0.5) is 0 Å². The smallest absolute Gasteiger partial charge is 0.216 e. The van der Waals surface area contributed by atoms with Gasteiger partial charge in [-0.2, -0.15) is 5.10 Å². The predicted octanol–water partition coefficient (Wildman–Crippen LogP) is 1.36. The van der Waals surface area contributed by atoms with Crippen molar-refractivity contribution in [2.24, 2.45) is 0 Å². The van der Waals surface area contributed by atoms with Crippen LogP contribution >= 0.6 is 0 Å². The molecule has 1 N–H and O–H groups in total. The Bertz CT molecular complexity index is 505. The first-order chi connectivity index (χ1) is 7.31. The summed E-state index contributed by atoms with van der Waals surface area (Å²) in [6, 6.07) is 11.3. The zero-order chi connectivity index (χ0) is 10.7. The van der Waals surface area contributed by atoms with Crippen LogP contribution in [0.25, 0.3) is 5.69 Å². The molecule has 4 heteroatoms. The second-order valence-electron chi connectivity index (χ2n) is 3.03. The van der Waals surface area contributed by atoms with E-state index in [2.05, 4.69) is 5.10 Å². The number of rotatable bonds is 2. The van der Waals surface area contributed by atoms with E-state index in [0.717, 1.165) is 5.69 Å². The molecule has 0 aliphatic rings. The lowest BCUT2D eigenvalue weighted by Gasteiger charge is -2.09. The summed E-state index contributed by atoms with van der Waals surface area (Å²) in [5, 5.41) is 11.9. The van der Waals surface area contributed by atoms with Crippen LogP contribution in [-0.4, -0.2) is 16.9 Å². The van der Waals surface area contributed by atoms with Gasteiger partial charge < -0.3 is 4.74 Å². The first-order valence-electron chi connectivity index (χ1n) is 4.54. The fourth-order valence-electron chi connectivity index (χ4n) is 1.32. The average molecular weight is 201 g/mol. The number of nitrogens with one attached hydrogen (secondary N) is 1. The van der Waals surface area contributed by atoms with Gasteiger partial charge in [-0.05, 0) is 12.1 Å². The van der Waals surface area contributed by atoms with Crippen molar-refractivity contribution < 1.29 is 4.74 Å². The maximum Gasteiger partial charge on any atom is 0.216 e. The van der Waals surface area contributed by atoms with E-state index in [-0.39, 0.29) is 0 Å². The number of benzene rings is 1. The molecule has 0 atom stereocenters. The first kappa shape index (κ1) is 9.45. The molecular formula is C11H11N3O. The Morgan fingerprint density at radius 1 is 1.27 bits per heavy atom. The average Bonchev–Trinajstić information content (AvgIpc) is 2.30. The summed E-state index contributed by atoms with van der Waals surface area (Å²) in [7, 11) is 1.57. The highest BCUT2D eigenvalue weighted by molar-refractivity contribution is 5.33. The molecule has 2 aromatic rings. The van der Waals surface area contributed by atoms with Gasteiger partial charge in [0, 0.05) is 6.07 Å². The molecule has 4 nitrogen and oxygen atoms in total. The van der Waals surface area contributed by atoms with E-state index in [1.807, 2.05) is 30.3 Å². The molecule has 0 saturated carbocycles. The molecule has 0 aliphatic heterocycles. The summed E-state index contributed by atoms with van der Waals surface area (Å²) < 4.78 is 6.81. The first-order valence-corrected chi connectivity index (χ1v) is 4.54. The Morgan fingerprint density at radius 2 is 2.00 bits per heavy atom. The van der Waals surface area contributed by atoms with Gasteiger partial charge in [-0.3, -0.25) is 5.41 Å². The van der Waals surface area contributed by atoms with Gasteiger partial charge in [-0.15, -0.1) is 0 Å². The number of hydrogen-bond acceptors (Lipinski definition) is 3. The number of nitrogens with zero attached hydrogens (tertiary/aromatic N) is 2. The molecule has 0 unspecified atom stereocenters. The molecule has 0 amide bonds. The van der Waals surface area contributed by atoms with Crippen molar-refractivity contribution in [3.63, 3.8) is 0 Å². The topological polar surface area (TPSA) is 50.9 Å². The van der Waals surface area contributed by atoms with Crippen molar-refractivity contribution in [1.29, 1.82) is 5.41 Å². The number of methoxy groups -OCH3 is 1. The molecule has 0 saturated heterocycles. The van der Waals surface area contributed by atoms with E-state index >= 15 is 0 Å². The summed E-state index contributed by atoms with van der Waals surface area (Å²) in [6.45, 7) is 0. The van der Waals surface area contributed by atoms with E-state index in [0.29, 0.717) is 11.2 Å². The van der Waals surface area contributed by atoms with Gasteiger partial charge in [0.1, 0.15) is 0 Å². The van der Waals surface area contributed by atoms with Crippen molar-refractivity contribution in [1.82, 2.24) is 9.78 Å². The molecule has 1 heterocycles. The molecule has 2 rings (SSSR count). The Balaban J connectivity index is 2.58. The monoisotopic (exact) mass is 201 g/mol. The van der Waals surface area contributed by atoms with Gasteiger partial charge in [0.05, 0.1) is 24.4 Å². The second kappa shape index (κ2) is 3.96. The Labute approximate surface area is 87.3 Å². The van der Waals surface area contributed by atoms with E-state index in [1.54, 1.807) is 17.9 Å². The lowest BCUT2D eigenvalue weighted by Crippen LogP contribution is -2.11. The lowest BCUT2D eigenvalue weighted by molar-refractivity contribution is 0.376. The van der Waals surface area contributed by atoms with Gasteiger partial charge in [-0.1, -0.05) is 18.2 Å². The van der Waals surface area contributed by atoms with Crippen molar-refractivity contribution >= 4 is 0 Å². The minimum absolute atomic E-state index is 0.332. The van der Waals surface area contributed by atoms with Crippen molar-refractivity contribution in [3.8, 4) is 11.6 Å².